The second kappa shape index (κ2) is 11.7. The highest BCUT2D eigenvalue weighted by Gasteiger charge is 2.28. The molecule has 1 amide bonds. The van der Waals surface area contributed by atoms with Crippen LogP contribution in [0.3, 0.4) is 0 Å². The number of carbonyl (C=O) groups is 1. The molecule has 0 aromatic carbocycles. The van der Waals surface area contributed by atoms with Gasteiger partial charge < -0.3 is 14.4 Å². The number of carbonyl (C=O) groups excluding carboxylic acids is 1. The first-order valence-corrected chi connectivity index (χ1v) is 13.9. The van der Waals surface area contributed by atoms with Crippen LogP contribution in [0.15, 0.2) is 6.07 Å². The Balaban J connectivity index is 2.09. The van der Waals surface area contributed by atoms with E-state index in [1.165, 1.54) is 7.11 Å². The molecule has 0 radical (unpaired) electrons. The summed E-state index contributed by atoms with van der Waals surface area (Å²) in [7, 11) is -0.709. The van der Waals surface area contributed by atoms with Gasteiger partial charge in [-0.1, -0.05) is 27.7 Å². The van der Waals surface area contributed by atoms with Gasteiger partial charge in [-0.15, -0.1) is 0 Å². The molecule has 1 N–H and O–H groups in total. The maximum absolute atomic E-state index is 13.1. The number of nitrogens with zero attached hydrogens (tertiary/aromatic N) is 4. The highest BCUT2D eigenvalue weighted by atomic mass is 32.2. The number of methoxy groups -OCH3 is 2. The van der Waals surface area contributed by atoms with Crippen molar-refractivity contribution >= 4 is 32.7 Å². The molecule has 3 rings (SSSR count). The predicted octanol–water partition coefficient (Wildman–Crippen LogP) is 2.78. The van der Waals surface area contributed by atoms with Gasteiger partial charge in [-0.25, -0.2) is 22.8 Å². The Hall–Kier alpha value is -2.24. The molecule has 0 aliphatic carbocycles. The van der Waals surface area contributed by atoms with E-state index in [0.717, 1.165) is 49.3 Å². The number of pyridine rings is 1. The molecule has 196 valence electrons. The summed E-state index contributed by atoms with van der Waals surface area (Å²) < 4.78 is 38.9. The SMILES string of the molecule is COCCS(=O)(=O)NC(=O)c1cc(N2CCC(COC)CC2)c2c(C(C)C)nn(CC(C)C)c2n1. The summed E-state index contributed by atoms with van der Waals surface area (Å²) in [5, 5.41) is 5.82. The summed E-state index contributed by atoms with van der Waals surface area (Å²) in [4.78, 5) is 20.0. The molecule has 0 atom stereocenters. The first-order chi connectivity index (χ1) is 16.6. The molecule has 1 aliphatic heterocycles. The zero-order chi connectivity index (χ0) is 25.8. The number of rotatable bonds is 11. The molecule has 2 aromatic heterocycles. The van der Waals surface area contributed by atoms with Crippen molar-refractivity contribution < 1.29 is 22.7 Å². The Morgan fingerprint density at radius 2 is 1.86 bits per heavy atom. The normalized spacial score (nSPS) is 15.5. The maximum atomic E-state index is 13.1. The molecule has 1 fully saturated rings. The monoisotopic (exact) mass is 509 g/mol. The molecule has 10 nitrogen and oxygen atoms in total. The highest BCUT2D eigenvalue weighted by molar-refractivity contribution is 7.90. The van der Waals surface area contributed by atoms with Crippen LogP contribution < -0.4 is 9.62 Å². The fourth-order valence-corrected chi connectivity index (χ4v) is 5.31. The zero-order valence-electron chi connectivity index (χ0n) is 21.7. The van der Waals surface area contributed by atoms with Crippen LogP contribution >= 0.6 is 0 Å². The summed E-state index contributed by atoms with van der Waals surface area (Å²) in [6, 6.07) is 1.72. The van der Waals surface area contributed by atoms with Crippen LogP contribution in [0.5, 0.6) is 0 Å². The van der Waals surface area contributed by atoms with Crippen molar-refractivity contribution in [3.8, 4) is 0 Å². The number of piperidine rings is 1. The highest BCUT2D eigenvalue weighted by Crippen LogP contribution is 2.35. The van der Waals surface area contributed by atoms with E-state index in [0.29, 0.717) is 24.0 Å². The van der Waals surface area contributed by atoms with Crippen LogP contribution in [0, 0.1) is 11.8 Å². The minimum absolute atomic E-state index is 0.00431. The molecular weight excluding hydrogens is 470 g/mol. The van der Waals surface area contributed by atoms with E-state index in [4.69, 9.17) is 14.6 Å². The molecule has 3 heterocycles. The number of aromatic nitrogens is 3. The summed E-state index contributed by atoms with van der Waals surface area (Å²) in [5.74, 6) is -0.0794. The van der Waals surface area contributed by atoms with Gasteiger partial charge >= 0.3 is 0 Å². The maximum Gasteiger partial charge on any atom is 0.283 e. The molecule has 0 saturated carbocycles. The van der Waals surface area contributed by atoms with Crippen molar-refractivity contribution in [2.75, 3.05) is 51.2 Å². The van der Waals surface area contributed by atoms with E-state index in [1.807, 2.05) is 4.68 Å². The van der Waals surface area contributed by atoms with E-state index in [2.05, 4.69) is 42.3 Å². The van der Waals surface area contributed by atoms with Gasteiger partial charge in [0.1, 0.15) is 5.69 Å². The molecule has 0 bridgehead atoms. The van der Waals surface area contributed by atoms with Gasteiger partial charge in [-0.2, -0.15) is 5.10 Å². The third-order valence-corrected chi connectivity index (χ3v) is 7.39. The number of anilines is 1. The van der Waals surface area contributed by atoms with E-state index in [9.17, 15) is 13.2 Å². The van der Waals surface area contributed by atoms with Crippen LogP contribution in [-0.2, 0) is 26.0 Å². The quantitative estimate of drug-likeness (QED) is 0.492. The average molecular weight is 510 g/mol. The van der Waals surface area contributed by atoms with E-state index >= 15 is 0 Å². The number of ether oxygens (including phenoxy) is 2. The Morgan fingerprint density at radius 1 is 1.17 bits per heavy atom. The number of hydrogen-bond acceptors (Lipinski definition) is 8. The minimum atomic E-state index is -3.85. The van der Waals surface area contributed by atoms with E-state index in [1.54, 1.807) is 13.2 Å². The van der Waals surface area contributed by atoms with Gasteiger partial charge in [0, 0.05) is 40.5 Å². The van der Waals surface area contributed by atoms with Crippen LogP contribution in [-0.4, -0.2) is 75.4 Å². The third-order valence-electron chi connectivity index (χ3n) is 6.19. The standard InChI is InChI=1S/C24H39N5O5S/c1-16(2)14-29-23-21(22(26-29)17(3)4)20(28-9-7-18(8-10-28)15-34-6)13-19(25-23)24(30)27-35(31,32)12-11-33-5/h13,16-18H,7-12,14-15H2,1-6H3,(H,27,30). The lowest BCUT2D eigenvalue weighted by molar-refractivity contribution is 0.0976. The Morgan fingerprint density at radius 3 is 2.43 bits per heavy atom. The van der Waals surface area contributed by atoms with Gasteiger partial charge in [-0.3, -0.25) is 4.79 Å². The fraction of sp³-hybridized carbons (Fsp3) is 0.708. The summed E-state index contributed by atoms with van der Waals surface area (Å²) >= 11 is 0. The van der Waals surface area contributed by atoms with Crippen molar-refractivity contribution in [2.24, 2.45) is 11.8 Å². The van der Waals surface area contributed by atoms with Crippen molar-refractivity contribution in [3.05, 3.63) is 17.5 Å². The van der Waals surface area contributed by atoms with E-state index in [-0.39, 0.29) is 24.0 Å². The third kappa shape index (κ3) is 6.71. The smallest absolute Gasteiger partial charge is 0.283 e. The molecule has 1 aliphatic rings. The molecule has 0 spiro atoms. The Bertz CT molecular complexity index is 1120. The first kappa shape index (κ1) is 27.3. The lowest BCUT2D eigenvalue weighted by Gasteiger charge is -2.34. The van der Waals surface area contributed by atoms with E-state index < -0.39 is 15.9 Å². The number of nitrogens with one attached hydrogen (secondary N) is 1. The number of hydrogen-bond donors (Lipinski definition) is 1. The van der Waals surface area contributed by atoms with Gasteiger partial charge in [0.15, 0.2) is 5.65 Å². The molecule has 1 saturated heterocycles. The zero-order valence-corrected chi connectivity index (χ0v) is 22.5. The molecular formula is C24H39N5O5S. The largest absolute Gasteiger partial charge is 0.384 e. The Kier molecular flexibility index (Phi) is 9.11. The topological polar surface area (TPSA) is 116 Å². The van der Waals surface area contributed by atoms with Crippen molar-refractivity contribution in [3.63, 3.8) is 0 Å². The van der Waals surface area contributed by atoms with Crippen molar-refractivity contribution in [1.29, 1.82) is 0 Å². The van der Waals surface area contributed by atoms with Crippen LogP contribution in [0.1, 0.15) is 62.6 Å². The molecule has 2 aromatic rings. The second-order valence-corrected chi connectivity index (χ2v) is 11.8. The average Bonchev–Trinajstić information content (AvgIpc) is 3.16. The van der Waals surface area contributed by atoms with Crippen LogP contribution in [0.4, 0.5) is 5.69 Å². The van der Waals surface area contributed by atoms with Crippen LogP contribution in [0.2, 0.25) is 0 Å². The molecule has 0 unspecified atom stereocenters. The predicted molar refractivity (Wildman–Crippen MR) is 136 cm³/mol. The van der Waals surface area contributed by atoms with Gasteiger partial charge in [0.05, 0.1) is 29.1 Å². The molecule has 35 heavy (non-hydrogen) atoms. The first-order valence-electron chi connectivity index (χ1n) is 12.2. The summed E-state index contributed by atoms with van der Waals surface area (Å²) in [6.45, 7) is 11.4. The van der Waals surface area contributed by atoms with Gasteiger partial charge in [0.2, 0.25) is 10.0 Å². The number of sulfonamides is 1. The van der Waals surface area contributed by atoms with Crippen molar-refractivity contribution in [1.82, 2.24) is 19.5 Å². The summed E-state index contributed by atoms with van der Waals surface area (Å²) in [5.41, 5.74) is 2.48. The lowest BCUT2D eigenvalue weighted by Crippen LogP contribution is -2.36. The second-order valence-electron chi connectivity index (χ2n) is 9.97. The number of fused-ring (bicyclic) bond motifs is 1. The fourth-order valence-electron chi connectivity index (χ4n) is 4.44. The lowest BCUT2D eigenvalue weighted by atomic mass is 9.96. The summed E-state index contributed by atoms with van der Waals surface area (Å²) in [6.07, 6.45) is 1.95. The van der Waals surface area contributed by atoms with Crippen molar-refractivity contribution in [2.45, 2.75) is 53.0 Å². The minimum Gasteiger partial charge on any atom is -0.384 e. The Labute approximate surface area is 208 Å². The number of amides is 1. The van der Waals surface area contributed by atoms with Crippen LogP contribution in [0.25, 0.3) is 11.0 Å². The van der Waals surface area contributed by atoms with Gasteiger partial charge in [0.25, 0.3) is 5.91 Å². The van der Waals surface area contributed by atoms with Gasteiger partial charge in [-0.05, 0) is 36.7 Å². The molecule has 11 heteroatoms.